The van der Waals surface area contributed by atoms with Gasteiger partial charge in [0, 0.05) is 27.0 Å². The van der Waals surface area contributed by atoms with Gasteiger partial charge < -0.3 is 10.6 Å². The summed E-state index contributed by atoms with van der Waals surface area (Å²) in [5.41, 5.74) is 2.57. The lowest BCUT2D eigenvalue weighted by molar-refractivity contribution is -0.113. The largest absolute Gasteiger partial charge is 0.328 e. The van der Waals surface area contributed by atoms with Crippen LogP contribution in [0.5, 0.6) is 0 Å². The standard InChI is InChI=1S/C23H17Cl2N5OS/c1-13-19(22(31)27-15-6-3-2-4-7-15)20(16-10-9-14(24)12-17(16)25)30-23(26-13)28-21(29-30)18-8-5-11-32-18/h2-12,20H,1H3,(H,27,31)(H,26,28,29). The van der Waals surface area contributed by atoms with Crippen molar-refractivity contribution in [2.45, 2.75) is 13.0 Å². The van der Waals surface area contributed by atoms with Crippen molar-refractivity contribution >= 4 is 52.1 Å². The molecule has 1 aliphatic rings. The van der Waals surface area contributed by atoms with E-state index in [2.05, 4.69) is 15.6 Å². The van der Waals surface area contributed by atoms with Gasteiger partial charge in [0.2, 0.25) is 5.95 Å². The van der Waals surface area contributed by atoms with Gasteiger partial charge in [-0.2, -0.15) is 4.98 Å². The number of benzene rings is 2. The molecule has 2 aromatic heterocycles. The van der Waals surface area contributed by atoms with Crippen LogP contribution >= 0.6 is 34.5 Å². The second-order valence-corrected chi connectivity index (χ2v) is 9.02. The molecule has 0 spiro atoms. The van der Waals surface area contributed by atoms with E-state index in [-0.39, 0.29) is 5.91 Å². The maximum Gasteiger partial charge on any atom is 0.255 e. The van der Waals surface area contributed by atoms with Gasteiger partial charge >= 0.3 is 0 Å². The molecule has 0 fully saturated rings. The molecule has 0 aliphatic carbocycles. The Morgan fingerprint density at radius 2 is 1.94 bits per heavy atom. The smallest absolute Gasteiger partial charge is 0.255 e. The molecule has 2 aromatic carbocycles. The number of nitrogens with one attached hydrogen (secondary N) is 2. The molecule has 9 heteroatoms. The fraction of sp³-hybridized carbons (Fsp3) is 0.0870. The van der Waals surface area contributed by atoms with Gasteiger partial charge in [0.25, 0.3) is 5.91 Å². The number of aromatic nitrogens is 3. The molecule has 1 unspecified atom stereocenters. The summed E-state index contributed by atoms with van der Waals surface area (Å²) in [4.78, 5) is 19.0. The Bertz CT molecular complexity index is 1330. The lowest BCUT2D eigenvalue weighted by Gasteiger charge is -2.29. The zero-order chi connectivity index (χ0) is 22.2. The fourth-order valence-electron chi connectivity index (χ4n) is 3.69. The van der Waals surface area contributed by atoms with Crippen molar-refractivity contribution < 1.29 is 4.79 Å². The van der Waals surface area contributed by atoms with Crippen molar-refractivity contribution in [2.24, 2.45) is 0 Å². The van der Waals surface area contributed by atoms with Gasteiger partial charge in [0.1, 0.15) is 6.04 Å². The minimum absolute atomic E-state index is 0.254. The number of anilines is 2. The van der Waals surface area contributed by atoms with E-state index in [0.717, 1.165) is 4.88 Å². The third-order valence-corrected chi connectivity index (χ3v) is 6.56. The lowest BCUT2D eigenvalue weighted by atomic mass is 9.95. The average molecular weight is 482 g/mol. The van der Waals surface area contributed by atoms with E-state index in [1.54, 1.807) is 28.2 Å². The van der Waals surface area contributed by atoms with E-state index in [1.807, 2.05) is 60.8 Å². The van der Waals surface area contributed by atoms with Crippen LogP contribution in [0.4, 0.5) is 11.6 Å². The molecule has 5 rings (SSSR count). The lowest BCUT2D eigenvalue weighted by Crippen LogP contribution is -2.31. The molecule has 4 aromatic rings. The molecule has 0 bridgehead atoms. The highest BCUT2D eigenvalue weighted by atomic mass is 35.5. The quantitative estimate of drug-likeness (QED) is 0.361. The van der Waals surface area contributed by atoms with E-state index in [1.165, 1.54) is 0 Å². The number of halogens is 2. The summed E-state index contributed by atoms with van der Waals surface area (Å²) in [6.45, 7) is 1.85. The van der Waals surface area contributed by atoms with Crippen molar-refractivity contribution in [2.75, 3.05) is 10.6 Å². The van der Waals surface area contributed by atoms with E-state index in [0.29, 0.717) is 44.3 Å². The first-order valence-corrected chi connectivity index (χ1v) is 11.4. The summed E-state index contributed by atoms with van der Waals surface area (Å²) >= 11 is 14.3. The molecule has 0 saturated carbocycles. The van der Waals surface area contributed by atoms with Crippen LogP contribution in [-0.4, -0.2) is 20.7 Å². The fourth-order valence-corrected chi connectivity index (χ4v) is 4.85. The first kappa shape index (κ1) is 20.8. The molecule has 1 aliphatic heterocycles. The minimum atomic E-state index is -0.582. The van der Waals surface area contributed by atoms with Crippen LogP contribution in [0.25, 0.3) is 10.7 Å². The first-order valence-electron chi connectivity index (χ1n) is 9.81. The van der Waals surface area contributed by atoms with Gasteiger partial charge in [0.15, 0.2) is 5.82 Å². The summed E-state index contributed by atoms with van der Waals surface area (Å²) < 4.78 is 1.71. The number of rotatable bonds is 4. The molecule has 2 N–H and O–H groups in total. The number of nitrogens with zero attached hydrogens (tertiary/aromatic N) is 3. The van der Waals surface area contributed by atoms with Crippen molar-refractivity contribution in [1.29, 1.82) is 0 Å². The van der Waals surface area contributed by atoms with Crippen molar-refractivity contribution in [3.63, 3.8) is 0 Å². The highest BCUT2D eigenvalue weighted by molar-refractivity contribution is 7.13. The van der Waals surface area contributed by atoms with Crippen molar-refractivity contribution in [3.8, 4) is 10.7 Å². The number of thiophene rings is 1. The summed E-state index contributed by atoms with van der Waals surface area (Å²) in [5, 5.41) is 13.9. The highest BCUT2D eigenvalue weighted by Gasteiger charge is 2.35. The van der Waals surface area contributed by atoms with Crippen LogP contribution < -0.4 is 10.6 Å². The van der Waals surface area contributed by atoms with Gasteiger partial charge in [-0.05, 0) is 42.6 Å². The third-order valence-electron chi connectivity index (χ3n) is 5.13. The molecule has 160 valence electrons. The SMILES string of the molecule is CC1=C(C(=O)Nc2ccccc2)C(c2ccc(Cl)cc2Cl)n2nc(-c3cccs3)nc2N1. The number of carbonyl (C=O) groups is 1. The van der Waals surface area contributed by atoms with Crippen LogP contribution in [0.2, 0.25) is 10.0 Å². The highest BCUT2D eigenvalue weighted by Crippen LogP contribution is 2.40. The Morgan fingerprint density at radius 3 is 2.66 bits per heavy atom. The first-order chi connectivity index (χ1) is 15.5. The maximum atomic E-state index is 13.4. The minimum Gasteiger partial charge on any atom is -0.328 e. The second kappa shape index (κ2) is 8.43. The Morgan fingerprint density at radius 1 is 1.12 bits per heavy atom. The van der Waals surface area contributed by atoms with Gasteiger partial charge in [0.05, 0.1) is 10.5 Å². The van der Waals surface area contributed by atoms with Crippen LogP contribution in [-0.2, 0) is 4.79 Å². The number of amides is 1. The van der Waals surface area contributed by atoms with Gasteiger partial charge in [-0.3, -0.25) is 4.79 Å². The van der Waals surface area contributed by atoms with Crippen LogP contribution in [0.1, 0.15) is 18.5 Å². The number of carbonyl (C=O) groups excluding carboxylic acids is 1. The van der Waals surface area contributed by atoms with E-state index < -0.39 is 6.04 Å². The molecule has 32 heavy (non-hydrogen) atoms. The Labute approximate surface area is 198 Å². The molecule has 0 radical (unpaired) electrons. The maximum absolute atomic E-state index is 13.4. The molecular formula is C23H17Cl2N5OS. The number of para-hydroxylation sites is 1. The normalized spacial score (nSPS) is 15.3. The molecule has 1 amide bonds. The average Bonchev–Trinajstić information content (AvgIpc) is 3.43. The molecule has 3 heterocycles. The predicted octanol–water partition coefficient (Wildman–Crippen LogP) is 6.24. The topological polar surface area (TPSA) is 71.8 Å². The zero-order valence-electron chi connectivity index (χ0n) is 16.8. The number of hydrogen-bond donors (Lipinski definition) is 2. The zero-order valence-corrected chi connectivity index (χ0v) is 19.2. The molecule has 6 nitrogen and oxygen atoms in total. The summed E-state index contributed by atoms with van der Waals surface area (Å²) in [5.74, 6) is 0.865. The summed E-state index contributed by atoms with van der Waals surface area (Å²) in [6, 6.07) is 17.9. The third kappa shape index (κ3) is 3.79. The number of fused-ring (bicyclic) bond motifs is 1. The van der Waals surface area contributed by atoms with Crippen molar-refractivity contribution in [3.05, 3.63) is 92.9 Å². The molecular weight excluding hydrogens is 465 g/mol. The number of allylic oxidation sites excluding steroid dienone is 1. The van der Waals surface area contributed by atoms with Gasteiger partial charge in [-0.15, -0.1) is 16.4 Å². The monoisotopic (exact) mass is 481 g/mol. The van der Waals surface area contributed by atoms with Crippen LogP contribution in [0.15, 0.2) is 77.3 Å². The molecule has 0 saturated heterocycles. The summed E-state index contributed by atoms with van der Waals surface area (Å²) in [6.07, 6.45) is 0. The van der Waals surface area contributed by atoms with Crippen molar-refractivity contribution in [1.82, 2.24) is 14.8 Å². The van der Waals surface area contributed by atoms with Crippen LogP contribution in [0.3, 0.4) is 0 Å². The predicted molar refractivity (Wildman–Crippen MR) is 129 cm³/mol. The Kier molecular flexibility index (Phi) is 5.46. The van der Waals surface area contributed by atoms with E-state index >= 15 is 0 Å². The Balaban J connectivity index is 1.64. The molecule has 1 atom stereocenters. The van der Waals surface area contributed by atoms with E-state index in [4.69, 9.17) is 28.3 Å². The summed E-state index contributed by atoms with van der Waals surface area (Å²) in [7, 11) is 0. The van der Waals surface area contributed by atoms with Gasteiger partial charge in [-0.1, -0.05) is 53.5 Å². The van der Waals surface area contributed by atoms with E-state index in [9.17, 15) is 4.79 Å². The second-order valence-electron chi connectivity index (χ2n) is 7.23. The van der Waals surface area contributed by atoms with Crippen LogP contribution in [0, 0.1) is 0 Å². The van der Waals surface area contributed by atoms with Gasteiger partial charge in [-0.25, -0.2) is 4.68 Å². The number of hydrogen-bond acceptors (Lipinski definition) is 5. The Hall–Kier alpha value is -3.13.